The summed E-state index contributed by atoms with van der Waals surface area (Å²) >= 11 is 5.72. The van der Waals surface area contributed by atoms with Crippen molar-refractivity contribution >= 4 is 47.5 Å². The minimum absolute atomic E-state index is 0. The summed E-state index contributed by atoms with van der Waals surface area (Å²) in [6.07, 6.45) is 0. The predicted molar refractivity (Wildman–Crippen MR) is 148 cm³/mol. The molecule has 204 valence electrons. The van der Waals surface area contributed by atoms with Crippen LogP contribution in [0.3, 0.4) is 0 Å². The molecule has 0 unspecified atom stereocenters. The Bertz CT molecular complexity index is 1170. The summed E-state index contributed by atoms with van der Waals surface area (Å²) in [5.74, 6) is -0.403. The van der Waals surface area contributed by atoms with Gasteiger partial charge in [0.25, 0.3) is 0 Å². The molecule has 0 aliphatic rings. The molecule has 0 atom stereocenters. The zero-order valence-electron chi connectivity index (χ0n) is 21.2. The highest BCUT2D eigenvalue weighted by Gasteiger charge is 2.12. The van der Waals surface area contributed by atoms with Gasteiger partial charge in [-0.05, 0) is 74.8 Å². The number of phenols is 1. The lowest BCUT2D eigenvalue weighted by Crippen LogP contribution is -2.22. The van der Waals surface area contributed by atoms with Gasteiger partial charge in [-0.3, -0.25) is 4.79 Å². The summed E-state index contributed by atoms with van der Waals surface area (Å²) in [6.45, 7) is 2.39. The van der Waals surface area contributed by atoms with Gasteiger partial charge in [-0.25, -0.2) is 9.59 Å². The zero-order chi connectivity index (χ0) is 27.2. The van der Waals surface area contributed by atoms with Gasteiger partial charge in [0.15, 0.2) is 6.61 Å². The van der Waals surface area contributed by atoms with Crippen LogP contribution in [0.25, 0.3) is 0 Å². The van der Waals surface area contributed by atoms with E-state index in [9.17, 15) is 19.5 Å². The van der Waals surface area contributed by atoms with Crippen LogP contribution in [0.1, 0.15) is 17.3 Å². The molecule has 0 aromatic heterocycles. The molecule has 3 aromatic carbocycles. The van der Waals surface area contributed by atoms with Gasteiger partial charge in [-0.1, -0.05) is 23.7 Å². The fourth-order valence-corrected chi connectivity index (χ4v) is 2.80. The largest absolute Gasteiger partial charge is 0.507 e. The third kappa shape index (κ3) is 12.4. The number of hydrogen-bond donors (Lipinski definition) is 2. The summed E-state index contributed by atoms with van der Waals surface area (Å²) in [4.78, 5) is 35.9. The summed E-state index contributed by atoms with van der Waals surface area (Å²) in [5.41, 5.74) is 0.707. The molecule has 0 bridgehead atoms. The van der Waals surface area contributed by atoms with Gasteiger partial charge < -0.3 is 29.5 Å². The number of esters is 2. The third-order valence-electron chi connectivity index (χ3n) is 4.48. The molecular weight excluding hydrogens is 535 g/mol. The van der Waals surface area contributed by atoms with Crippen LogP contribution in [-0.2, 0) is 14.3 Å². The van der Waals surface area contributed by atoms with E-state index in [4.69, 9.17) is 25.8 Å². The highest BCUT2D eigenvalue weighted by Crippen LogP contribution is 2.21. The fraction of sp³-hybridized carbons (Fsp3) is 0.222. The van der Waals surface area contributed by atoms with Crippen molar-refractivity contribution in [1.29, 1.82) is 0 Å². The minimum atomic E-state index is -0.643. The molecule has 3 rings (SSSR count). The van der Waals surface area contributed by atoms with Crippen molar-refractivity contribution in [3.05, 3.63) is 83.4 Å². The maximum Gasteiger partial charge on any atom is 0.347 e. The first-order chi connectivity index (χ1) is 17.6. The van der Waals surface area contributed by atoms with E-state index in [1.807, 2.05) is 19.0 Å². The lowest BCUT2D eigenvalue weighted by Gasteiger charge is -2.10. The molecule has 0 radical (unpaired) electrons. The van der Waals surface area contributed by atoms with Gasteiger partial charge in [0.05, 0.1) is 0 Å². The normalized spacial score (nSPS) is 9.82. The van der Waals surface area contributed by atoms with Gasteiger partial charge in [0, 0.05) is 24.2 Å². The van der Waals surface area contributed by atoms with Gasteiger partial charge >= 0.3 is 11.9 Å². The Morgan fingerprint density at radius 3 is 2.11 bits per heavy atom. The van der Waals surface area contributed by atoms with Crippen LogP contribution in [-0.4, -0.2) is 61.7 Å². The van der Waals surface area contributed by atoms with Crippen molar-refractivity contribution in [2.24, 2.45) is 0 Å². The number of nitrogens with zero attached hydrogens (tertiary/aromatic N) is 1. The number of ether oxygens (including phenoxy) is 3. The van der Waals surface area contributed by atoms with Gasteiger partial charge in [-0.15, -0.1) is 12.4 Å². The van der Waals surface area contributed by atoms with E-state index in [1.165, 1.54) is 19.1 Å². The molecule has 2 N–H and O–H groups in total. The summed E-state index contributed by atoms with van der Waals surface area (Å²) in [5, 5.41) is 12.8. The molecule has 0 spiro atoms. The van der Waals surface area contributed by atoms with Crippen LogP contribution in [0.15, 0.2) is 72.8 Å². The van der Waals surface area contributed by atoms with Crippen molar-refractivity contribution in [2.45, 2.75) is 6.92 Å². The van der Waals surface area contributed by atoms with Crippen LogP contribution in [0, 0.1) is 0 Å². The Labute approximate surface area is 232 Å². The van der Waals surface area contributed by atoms with E-state index in [2.05, 4.69) is 5.32 Å². The fourth-order valence-electron chi connectivity index (χ4n) is 2.67. The summed E-state index contributed by atoms with van der Waals surface area (Å²) < 4.78 is 15.3. The van der Waals surface area contributed by atoms with Crippen molar-refractivity contribution in [3.63, 3.8) is 0 Å². The molecule has 1 amide bonds. The first-order valence-corrected chi connectivity index (χ1v) is 11.6. The van der Waals surface area contributed by atoms with E-state index in [1.54, 1.807) is 60.7 Å². The highest BCUT2D eigenvalue weighted by atomic mass is 35.5. The lowest BCUT2D eigenvalue weighted by molar-refractivity contribution is -0.146. The molecule has 38 heavy (non-hydrogen) atoms. The van der Waals surface area contributed by atoms with Gasteiger partial charge in [-0.2, -0.15) is 0 Å². The molecule has 3 aromatic rings. The minimum Gasteiger partial charge on any atom is -0.507 e. The molecule has 0 fully saturated rings. The van der Waals surface area contributed by atoms with Crippen molar-refractivity contribution in [3.8, 4) is 17.2 Å². The van der Waals surface area contributed by atoms with E-state index < -0.39 is 5.97 Å². The Balaban J connectivity index is 0.000000375. The zero-order valence-corrected chi connectivity index (χ0v) is 22.8. The maximum absolute atomic E-state index is 11.8. The van der Waals surface area contributed by atoms with Crippen LogP contribution >= 0.6 is 24.0 Å². The molecule has 9 nitrogen and oxygen atoms in total. The van der Waals surface area contributed by atoms with Crippen LogP contribution < -0.4 is 14.8 Å². The molecule has 0 aliphatic carbocycles. The Kier molecular flexibility index (Phi) is 14.3. The monoisotopic (exact) mass is 564 g/mol. The first-order valence-electron chi connectivity index (χ1n) is 11.2. The molecular formula is C27H30Cl2N2O7. The quantitative estimate of drug-likeness (QED) is 0.281. The number of carbonyl (C=O) groups is 3. The van der Waals surface area contributed by atoms with Crippen LogP contribution in [0.2, 0.25) is 5.02 Å². The highest BCUT2D eigenvalue weighted by molar-refractivity contribution is 6.30. The van der Waals surface area contributed by atoms with Crippen molar-refractivity contribution < 1.29 is 33.7 Å². The summed E-state index contributed by atoms with van der Waals surface area (Å²) in [7, 11) is 3.83. The Morgan fingerprint density at radius 1 is 0.921 bits per heavy atom. The number of aromatic hydroxyl groups is 1. The number of rotatable bonds is 9. The number of nitrogens with one attached hydrogen (secondary N) is 1. The second kappa shape index (κ2) is 16.9. The van der Waals surface area contributed by atoms with Crippen LogP contribution in [0.5, 0.6) is 17.2 Å². The number of benzene rings is 3. The first kappa shape index (κ1) is 32.2. The average molecular weight is 565 g/mol. The predicted octanol–water partition coefficient (Wildman–Crippen LogP) is 4.82. The third-order valence-corrected chi connectivity index (χ3v) is 4.73. The number of amides is 1. The van der Waals surface area contributed by atoms with E-state index in [0.29, 0.717) is 35.4 Å². The number of phenolic OH excluding ortho intramolecular Hbond substituents is 1. The van der Waals surface area contributed by atoms with E-state index in [0.717, 1.165) is 0 Å². The topological polar surface area (TPSA) is 114 Å². The lowest BCUT2D eigenvalue weighted by atomic mass is 10.2. The molecule has 0 heterocycles. The van der Waals surface area contributed by atoms with Crippen LogP contribution in [0.4, 0.5) is 5.69 Å². The molecule has 11 heteroatoms. The second-order valence-electron chi connectivity index (χ2n) is 7.88. The van der Waals surface area contributed by atoms with Crippen molar-refractivity contribution in [1.82, 2.24) is 4.90 Å². The SMILES string of the molecule is CC(=O)Nc1ccc(OC(=O)c2ccccc2O)cc1.CN(C)CCOC(=O)COc1ccc(Cl)cc1.Cl. The number of hydrogen-bond acceptors (Lipinski definition) is 8. The van der Waals surface area contributed by atoms with Crippen molar-refractivity contribution in [2.75, 3.05) is 39.2 Å². The van der Waals surface area contributed by atoms with E-state index in [-0.39, 0.29) is 42.2 Å². The van der Waals surface area contributed by atoms with Gasteiger partial charge in [0.1, 0.15) is 29.4 Å². The average Bonchev–Trinajstić information content (AvgIpc) is 2.85. The molecule has 0 aliphatic heterocycles. The maximum atomic E-state index is 11.8. The second-order valence-corrected chi connectivity index (χ2v) is 8.32. The number of likely N-dealkylation sites (N-methyl/N-ethyl adjacent to an activating group) is 1. The Hall–Kier alpha value is -3.79. The number of para-hydroxylation sites is 1. The Morgan fingerprint density at radius 2 is 1.53 bits per heavy atom. The van der Waals surface area contributed by atoms with E-state index >= 15 is 0 Å². The standard InChI is InChI=1S/C15H13NO4.C12H16ClNO3.ClH/c1-10(17)16-11-6-8-12(9-7-11)20-15(19)13-4-2-3-5-14(13)18;1-14(2)7-8-16-12(15)9-17-11-5-3-10(13)4-6-11;/h2-9,18H,1H3,(H,16,17);3-6H,7-9H2,1-2H3;1H. The molecule has 0 saturated heterocycles. The number of anilines is 1. The number of carbonyl (C=O) groups excluding carboxylic acids is 3. The van der Waals surface area contributed by atoms with Gasteiger partial charge in [0.2, 0.25) is 5.91 Å². The smallest absolute Gasteiger partial charge is 0.347 e. The summed E-state index contributed by atoms with van der Waals surface area (Å²) in [6, 6.07) is 19.3. The molecule has 0 saturated carbocycles. The number of halogens is 2.